The number of methoxy groups -OCH3 is 1. The zero-order valence-corrected chi connectivity index (χ0v) is 11.8. The van der Waals surface area contributed by atoms with Gasteiger partial charge < -0.3 is 18.9 Å². The Morgan fingerprint density at radius 1 is 1.15 bits per heavy atom. The maximum absolute atomic E-state index is 11.5. The van der Waals surface area contributed by atoms with E-state index in [1.165, 1.54) is 0 Å². The van der Waals surface area contributed by atoms with Crippen molar-refractivity contribution in [2.24, 2.45) is 5.92 Å². The molecule has 4 unspecified atom stereocenters. The maximum Gasteiger partial charge on any atom is 0.226 e. The quantitative estimate of drug-likeness (QED) is 0.715. The number of hydrogen-bond acceptors (Lipinski definition) is 6. The molecule has 3 rings (SSSR count). The van der Waals surface area contributed by atoms with E-state index in [4.69, 9.17) is 18.9 Å². The third-order valence-corrected chi connectivity index (χ3v) is 3.94. The second-order valence-corrected chi connectivity index (χ2v) is 5.91. The van der Waals surface area contributed by atoms with Crippen LogP contribution in [-0.4, -0.2) is 49.3 Å². The molecule has 0 aliphatic carbocycles. The summed E-state index contributed by atoms with van der Waals surface area (Å²) < 4.78 is 22.8. The third-order valence-electron chi connectivity index (χ3n) is 3.94. The molecule has 0 saturated carbocycles. The third kappa shape index (κ3) is 2.35. The van der Waals surface area contributed by atoms with E-state index in [1.54, 1.807) is 7.11 Å². The number of carbonyl (C=O) groups is 2. The van der Waals surface area contributed by atoms with Crippen LogP contribution in [0.4, 0.5) is 0 Å². The molecule has 2 amide bonds. The lowest BCUT2D eigenvalue weighted by Crippen LogP contribution is -2.47. The molecule has 3 saturated heterocycles. The Hall–Kier alpha value is -1.02. The van der Waals surface area contributed by atoms with Gasteiger partial charge in [-0.2, -0.15) is 0 Å². The molecule has 3 heterocycles. The summed E-state index contributed by atoms with van der Waals surface area (Å²) in [7, 11) is 1.57. The number of rotatable bonds is 2. The number of carbonyl (C=O) groups excluding carboxylic acids is 2. The highest BCUT2D eigenvalue weighted by Gasteiger charge is 2.57. The van der Waals surface area contributed by atoms with Crippen LogP contribution < -0.4 is 5.32 Å². The smallest absolute Gasteiger partial charge is 0.226 e. The van der Waals surface area contributed by atoms with Gasteiger partial charge in [0.2, 0.25) is 11.8 Å². The molecule has 3 aliphatic rings. The van der Waals surface area contributed by atoms with Crippen molar-refractivity contribution in [2.75, 3.05) is 7.11 Å². The standard InChI is InChI=1S/C13H19NO6/c1-13(2)19-11-10(17-3)9(18-12(11)20-13)6-4-7(15)14-8(16)5-6/h6,9-12H,4-5H2,1-3H3,(H,14,15,16). The summed E-state index contributed by atoms with van der Waals surface area (Å²) in [5, 5.41) is 2.29. The van der Waals surface area contributed by atoms with Crippen LogP contribution in [-0.2, 0) is 28.5 Å². The summed E-state index contributed by atoms with van der Waals surface area (Å²) in [4.78, 5) is 23.0. The monoisotopic (exact) mass is 285 g/mol. The maximum atomic E-state index is 11.5. The van der Waals surface area contributed by atoms with E-state index in [-0.39, 0.29) is 48.9 Å². The van der Waals surface area contributed by atoms with Gasteiger partial charge in [-0.1, -0.05) is 0 Å². The van der Waals surface area contributed by atoms with Crippen LogP contribution in [0.15, 0.2) is 0 Å². The number of imide groups is 1. The second-order valence-electron chi connectivity index (χ2n) is 5.91. The molecule has 1 N–H and O–H groups in total. The first kappa shape index (κ1) is 13.9. The van der Waals surface area contributed by atoms with Crippen molar-refractivity contribution < 1.29 is 28.5 Å². The van der Waals surface area contributed by atoms with Gasteiger partial charge in [0.25, 0.3) is 0 Å². The summed E-state index contributed by atoms with van der Waals surface area (Å²) in [6, 6.07) is 0. The lowest BCUT2D eigenvalue weighted by atomic mass is 9.88. The zero-order chi connectivity index (χ0) is 14.5. The molecule has 112 valence electrons. The van der Waals surface area contributed by atoms with Crippen LogP contribution in [0.25, 0.3) is 0 Å². The molecule has 7 nitrogen and oxygen atoms in total. The highest BCUT2D eigenvalue weighted by Crippen LogP contribution is 2.42. The molecule has 3 fully saturated rings. The Balaban J connectivity index is 1.75. The number of ether oxygens (including phenoxy) is 4. The Kier molecular flexibility index (Phi) is 3.32. The lowest BCUT2D eigenvalue weighted by molar-refractivity contribution is -0.223. The van der Waals surface area contributed by atoms with E-state index in [2.05, 4.69) is 5.32 Å². The van der Waals surface area contributed by atoms with Crippen LogP contribution in [0, 0.1) is 5.92 Å². The normalized spacial score (nSPS) is 40.8. The first-order valence-electron chi connectivity index (χ1n) is 6.76. The van der Waals surface area contributed by atoms with Crippen LogP contribution >= 0.6 is 0 Å². The molecule has 4 atom stereocenters. The number of fused-ring (bicyclic) bond motifs is 1. The number of piperidine rings is 1. The molecule has 0 aromatic rings. The average Bonchev–Trinajstić information content (AvgIpc) is 2.79. The molecule has 0 aromatic heterocycles. The van der Waals surface area contributed by atoms with Gasteiger partial charge in [-0.3, -0.25) is 14.9 Å². The Morgan fingerprint density at radius 3 is 2.40 bits per heavy atom. The summed E-state index contributed by atoms with van der Waals surface area (Å²) in [6.45, 7) is 3.63. The SMILES string of the molecule is COC1C(C2CC(=O)NC(=O)C2)OC2OC(C)(C)OC21. The van der Waals surface area contributed by atoms with Crippen molar-refractivity contribution in [3.05, 3.63) is 0 Å². The van der Waals surface area contributed by atoms with Crippen LogP contribution in [0.3, 0.4) is 0 Å². The fourth-order valence-corrected chi connectivity index (χ4v) is 3.19. The summed E-state index contributed by atoms with van der Waals surface area (Å²) in [6.07, 6.45) is -1.07. The van der Waals surface area contributed by atoms with E-state index in [0.29, 0.717) is 0 Å². The largest absolute Gasteiger partial charge is 0.376 e. The molecule has 0 bridgehead atoms. The minimum absolute atomic E-state index is 0.206. The topological polar surface area (TPSA) is 83.1 Å². The summed E-state index contributed by atoms with van der Waals surface area (Å²) >= 11 is 0. The van der Waals surface area contributed by atoms with Gasteiger partial charge in [-0.05, 0) is 13.8 Å². The molecular weight excluding hydrogens is 266 g/mol. The number of hydrogen-bond donors (Lipinski definition) is 1. The second kappa shape index (κ2) is 4.77. The van der Waals surface area contributed by atoms with Gasteiger partial charge in [-0.25, -0.2) is 0 Å². The van der Waals surface area contributed by atoms with Gasteiger partial charge in [0.15, 0.2) is 12.1 Å². The Morgan fingerprint density at radius 2 is 1.80 bits per heavy atom. The molecule has 7 heteroatoms. The molecule has 3 aliphatic heterocycles. The predicted octanol–water partition coefficient (Wildman–Crippen LogP) is -0.0694. The molecule has 0 aromatic carbocycles. The van der Waals surface area contributed by atoms with E-state index < -0.39 is 12.1 Å². The van der Waals surface area contributed by atoms with Crippen molar-refractivity contribution in [3.63, 3.8) is 0 Å². The molecule has 0 spiro atoms. The molecular formula is C13H19NO6. The molecule has 0 radical (unpaired) electrons. The zero-order valence-electron chi connectivity index (χ0n) is 11.8. The highest BCUT2D eigenvalue weighted by atomic mass is 16.8. The highest BCUT2D eigenvalue weighted by molar-refractivity contribution is 5.97. The van der Waals surface area contributed by atoms with Gasteiger partial charge in [0.05, 0.1) is 6.10 Å². The van der Waals surface area contributed by atoms with Gasteiger partial charge in [0.1, 0.15) is 12.2 Å². The lowest BCUT2D eigenvalue weighted by Gasteiger charge is -2.31. The van der Waals surface area contributed by atoms with E-state index in [0.717, 1.165) is 0 Å². The van der Waals surface area contributed by atoms with Crippen LogP contribution in [0.2, 0.25) is 0 Å². The van der Waals surface area contributed by atoms with Crippen molar-refractivity contribution >= 4 is 11.8 Å². The first-order valence-corrected chi connectivity index (χ1v) is 6.76. The Labute approximate surface area is 116 Å². The fourth-order valence-electron chi connectivity index (χ4n) is 3.19. The number of amides is 2. The minimum Gasteiger partial charge on any atom is -0.376 e. The van der Waals surface area contributed by atoms with Gasteiger partial charge in [0, 0.05) is 25.9 Å². The first-order chi connectivity index (χ1) is 9.39. The van der Waals surface area contributed by atoms with Crippen molar-refractivity contribution in [3.8, 4) is 0 Å². The average molecular weight is 285 g/mol. The summed E-state index contributed by atoms with van der Waals surface area (Å²) in [5.74, 6) is -1.47. The molecule has 20 heavy (non-hydrogen) atoms. The predicted molar refractivity (Wildman–Crippen MR) is 65.4 cm³/mol. The number of nitrogens with one attached hydrogen (secondary N) is 1. The fraction of sp³-hybridized carbons (Fsp3) is 0.846. The van der Waals surface area contributed by atoms with Crippen molar-refractivity contribution in [1.29, 1.82) is 0 Å². The van der Waals surface area contributed by atoms with Crippen molar-refractivity contribution in [2.45, 2.75) is 57.1 Å². The van der Waals surface area contributed by atoms with Gasteiger partial charge >= 0.3 is 0 Å². The van der Waals surface area contributed by atoms with Crippen LogP contribution in [0.5, 0.6) is 0 Å². The van der Waals surface area contributed by atoms with Crippen molar-refractivity contribution in [1.82, 2.24) is 5.32 Å². The van der Waals surface area contributed by atoms with E-state index in [1.807, 2.05) is 13.8 Å². The summed E-state index contributed by atoms with van der Waals surface area (Å²) in [5.41, 5.74) is 0. The minimum atomic E-state index is -0.711. The van der Waals surface area contributed by atoms with Crippen LogP contribution in [0.1, 0.15) is 26.7 Å². The van der Waals surface area contributed by atoms with Gasteiger partial charge in [-0.15, -0.1) is 0 Å². The van der Waals surface area contributed by atoms with E-state index in [9.17, 15) is 9.59 Å². The van der Waals surface area contributed by atoms with E-state index >= 15 is 0 Å². The Bertz CT molecular complexity index is 421.